The molecule has 0 bridgehead atoms. The summed E-state index contributed by atoms with van der Waals surface area (Å²) in [5.41, 5.74) is 3.15. The number of fused-ring (bicyclic) bond motifs is 3. The van der Waals surface area contributed by atoms with Gasteiger partial charge < -0.3 is 15.6 Å². The molecule has 2 unspecified atom stereocenters. The zero-order valence-corrected chi connectivity index (χ0v) is 22.1. The smallest absolute Gasteiger partial charge is 0.416 e. The van der Waals surface area contributed by atoms with Gasteiger partial charge in [-0.25, -0.2) is 0 Å². The molecule has 3 N–H and O–H groups in total. The minimum atomic E-state index is -4.53. The molecule has 0 radical (unpaired) electrons. The lowest BCUT2D eigenvalue weighted by Crippen LogP contribution is -2.68. The molecule has 2 aromatic rings. The molecule has 0 saturated heterocycles. The molecule has 1 amide bonds. The summed E-state index contributed by atoms with van der Waals surface area (Å²) in [6.45, 7) is 2.22. The van der Waals surface area contributed by atoms with Crippen molar-refractivity contribution in [3.63, 3.8) is 0 Å². The van der Waals surface area contributed by atoms with Crippen molar-refractivity contribution in [3.05, 3.63) is 53.1 Å². The quantitative estimate of drug-likeness (QED) is 0.400. The number of rotatable bonds is 6. The van der Waals surface area contributed by atoms with Gasteiger partial charge in [-0.1, -0.05) is 31.5 Å². The number of amides is 1. The van der Waals surface area contributed by atoms with Crippen molar-refractivity contribution in [2.75, 3.05) is 6.61 Å². The van der Waals surface area contributed by atoms with E-state index in [1.54, 1.807) is 6.07 Å². The molecule has 5 rings (SSSR count). The lowest BCUT2D eigenvalue weighted by Gasteiger charge is -2.48. The van der Waals surface area contributed by atoms with Crippen LogP contribution in [0.4, 0.5) is 13.2 Å². The molecule has 0 aromatic heterocycles. The summed E-state index contributed by atoms with van der Waals surface area (Å²) < 4.78 is 45.4. The second-order valence-corrected chi connectivity index (χ2v) is 11.0. The number of alkyl halides is 3. The van der Waals surface area contributed by atoms with Gasteiger partial charge in [0.05, 0.1) is 23.7 Å². The topological polar surface area (TPSA) is 141 Å². The van der Waals surface area contributed by atoms with E-state index < -0.39 is 76.5 Å². The van der Waals surface area contributed by atoms with Crippen LogP contribution in [0.2, 0.25) is 0 Å². The van der Waals surface area contributed by atoms with Crippen molar-refractivity contribution in [2.24, 2.45) is 29.4 Å². The lowest BCUT2D eigenvalue weighted by atomic mass is 9.53. The van der Waals surface area contributed by atoms with Crippen LogP contribution >= 0.6 is 0 Å². The van der Waals surface area contributed by atoms with Crippen LogP contribution in [-0.2, 0) is 31.8 Å². The summed E-state index contributed by atoms with van der Waals surface area (Å²) >= 11 is 0. The Labute approximate surface area is 233 Å². The van der Waals surface area contributed by atoms with Crippen LogP contribution in [0.25, 0.3) is 11.1 Å². The Balaban J connectivity index is 1.61. The van der Waals surface area contributed by atoms with Crippen molar-refractivity contribution in [1.82, 2.24) is 0 Å². The number of nitrogens with two attached hydrogens (primary N) is 1. The number of benzene rings is 2. The number of primary amides is 1. The summed E-state index contributed by atoms with van der Waals surface area (Å²) in [5, 5.41) is 11.4. The van der Waals surface area contributed by atoms with E-state index in [4.69, 9.17) is 10.5 Å². The van der Waals surface area contributed by atoms with Crippen molar-refractivity contribution in [3.8, 4) is 16.9 Å². The zero-order valence-electron chi connectivity index (χ0n) is 22.1. The lowest BCUT2D eigenvalue weighted by molar-refractivity contribution is -0.175. The third-order valence-corrected chi connectivity index (χ3v) is 8.55. The van der Waals surface area contributed by atoms with Crippen LogP contribution in [0, 0.1) is 23.7 Å². The molecule has 2 saturated carbocycles. The number of ketones is 4. The van der Waals surface area contributed by atoms with E-state index in [-0.39, 0.29) is 30.8 Å². The number of hydrogen-bond acceptors (Lipinski definition) is 7. The minimum Gasteiger partial charge on any atom is -0.493 e. The van der Waals surface area contributed by atoms with Gasteiger partial charge >= 0.3 is 6.18 Å². The second kappa shape index (κ2) is 10.2. The van der Waals surface area contributed by atoms with Crippen molar-refractivity contribution < 1.29 is 47.0 Å². The van der Waals surface area contributed by atoms with Crippen LogP contribution < -0.4 is 10.5 Å². The summed E-state index contributed by atoms with van der Waals surface area (Å²) in [5.74, 6) is -10.2. The summed E-state index contributed by atoms with van der Waals surface area (Å²) in [7, 11) is 0. The first kappa shape index (κ1) is 28.7. The third kappa shape index (κ3) is 4.56. The molecule has 0 aliphatic heterocycles. The first-order valence-electron chi connectivity index (χ1n) is 13.4. The van der Waals surface area contributed by atoms with E-state index in [0.717, 1.165) is 18.6 Å². The molecule has 11 heteroatoms. The van der Waals surface area contributed by atoms with Gasteiger partial charge in [0, 0.05) is 12.3 Å². The fourth-order valence-electron chi connectivity index (χ4n) is 6.51. The zero-order chi connectivity index (χ0) is 29.9. The molecule has 8 nitrogen and oxygen atoms in total. The number of ether oxygens (including phenoxy) is 1. The molecule has 3 aliphatic carbocycles. The summed E-state index contributed by atoms with van der Waals surface area (Å²) in [4.78, 5) is 65.4. The van der Waals surface area contributed by atoms with Crippen molar-refractivity contribution in [2.45, 2.75) is 50.8 Å². The second-order valence-electron chi connectivity index (χ2n) is 11.0. The Bertz CT molecular complexity index is 1470. The number of Topliss-reactive ketones (excluding diaryl/α,β-unsaturated/α-hetero) is 4. The highest BCUT2D eigenvalue weighted by Gasteiger charge is 2.66. The number of hydrogen-bond donors (Lipinski definition) is 2. The fraction of sp³-hybridized carbons (Fsp3) is 0.433. The van der Waals surface area contributed by atoms with Crippen molar-refractivity contribution in [1.29, 1.82) is 0 Å². The minimum absolute atomic E-state index is 0.0333. The number of carbonyl (C=O) groups excluding carboxylic acids is 5. The highest BCUT2D eigenvalue weighted by Crippen LogP contribution is 2.51. The first-order chi connectivity index (χ1) is 19.3. The number of carbonyl (C=O) groups is 5. The molecule has 41 heavy (non-hydrogen) atoms. The molecule has 3 aliphatic rings. The van der Waals surface area contributed by atoms with Crippen LogP contribution in [0.15, 0.2) is 36.4 Å². The summed E-state index contributed by atoms with van der Waals surface area (Å²) in [6, 6.07) is 7.68. The number of unbranched alkanes of at least 4 members (excludes halogenated alkanes) is 1. The van der Waals surface area contributed by atoms with Crippen LogP contribution in [0.3, 0.4) is 0 Å². The Morgan fingerprint density at radius 1 is 1.05 bits per heavy atom. The molecule has 2 aromatic carbocycles. The maximum Gasteiger partial charge on any atom is 0.416 e. The standard InChI is InChI=1S/C30H28F3NO7/c1-2-3-10-41-21-9-8-18(14-4-6-16(7-5-14)30(31,32)33)19-12-15-11-17-13-20(35)24(28(34)39)27(38)29(17,40)26(37)22(15)25(36)23(19)21/h4-9,15,17,22,24,40H,2-3,10-13H2,1H3,(H2,34,39)/t15-,17+,22?,24?,29+/m1/s1. The predicted molar refractivity (Wildman–Crippen MR) is 138 cm³/mol. The Morgan fingerprint density at radius 2 is 1.73 bits per heavy atom. The van der Waals surface area contributed by atoms with Gasteiger partial charge in [0.2, 0.25) is 5.91 Å². The van der Waals surface area contributed by atoms with E-state index >= 15 is 0 Å². The molecular weight excluding hydrogens is 543 g/mol. The van der Waals surface area contributed by atoms with Crippen molar-refractivity contribution >= 4 is 29.0 Å². The normalized spacial score (nSPS) is 27.6. The van der Waals surface area contributed by atoms with Gasteiger partial charge in [0.25, 0.3) is 0 Å². The molecule has 0 heterocycles. The SMILES string of the molecule is CCCCOc1ccc(-c2ccc(C(F)(F)F)cc2)c2c1C(=O)C1C(=O)[C@]3(O)C(=O)C(C(N)=O)C(=O)C[C@@H]3C[C@@H]1C2. The maximum absolute atomic E-state index is 14.1. The van der Waals surface area contributed by atoms with E-state index in [0.29, 0.717) is 23.1 Å². The molecule has 5 atom stereocenters. The Kier molecular flexibility index (Phi) is 7.13. The number of halogens is 3. The van der Waals surface area contributed by atoms with Gasteiger partial charge in [0.1, 0.15) is 5.75 Å². The predicted octanol–water partition coefficient (Wildman–Crippen LogP) is 3.49. The number of aliphatic hydroxyl groups is 1. The fourth-order valence-corrected chi connectivity index (χ4v) is 6.51. The van der Waals surface area contributed by atoms with Gasteiger partial charge in [-0.2, -0.15) is 13.2 Å². The monoisotopic (exact) mass is 571 g/mol. The van der Waals surface area contributed by atoms with Crippen LogP contribution in [0.5, 0.6) is 5.75 Å². The van der Waals surface area contributed by atoms with Gasteiger partial charge in [-0.05, 0) is 60.1 Å². The van der Waals surface area contributed by atoms with E-state index in [9.17, 15) is 42.3 Å². The van der Waals surface area contributed by atoms with E-state index in [2.05, 4.69) is 0 Å². The largest absolute Gasteiger partial charge is 0.493 e. The molecule has 0 spiro atoms. The Morgan fingerprint density at radius 3 is 2.34 bits per heavy atom. The molecule has 216 valence electrons. The highest BCUT2D eigenvalue weighted by molar-refractivity contribution is 6.31. The first-order valence-corrected chi connectivity index (χ1v) is 13.4. The third-order valence-electron chi connectivity index (χ3n) is 8.55. The van der Waals surface area contributed by atoms with Gasteiger partial charge in [-0.15, -0.1) is 0 Å². The Hall–Kier alpha value is -3.86. The van der Waals surface area contributed by atoms with Gasteiger partial charge in [-0.3, -0.25) is 24.0 Å². The van der Waals surface area contributed by atoms with Crippen LogP contribution in [0.1, 0.15) is 54.1 Å². The van der Waals surface area contributed by atoms with E-state index in [1.165, 1.54) is 18.2 Å². The average Bonchev–Trinajstić information content (AvgIpc) is 2.90. The average molecular weight is 572 g/mol. The maximum atomic E-state index is 14.1. The molecule has 2 fully saturated rings. The van der Waals surface area contributed by atoms with Crippen LogP contribution in [-0.4, -0.2) is 46.4 Å². The highest BCUT2D eigenvalue weighted by atomic mass is 19.4. The van der Waals surface area contributed by atoms with Gasteiger partial charge in [0.15, 0.2) is 34.7 Å². The van der Waals surface area contributed by atoms with E-state index in [1.807, 2.05) is 6.92 Å². The summed E-state index contributed by atoms with van der Waals surface area (Å²) in [6.07, 6.45) is -3.40. The molecular formula is C30H28F3NO7.